The van der Waals surface area contributed by atoms with Crippen molar-refractivity contribution in [2.24, 2.45) is 5.92 Å². The van der Waals surface area contributed by atoms with Gasteiger partial charge in [0.2, 0.25) is 0 Å². The highest BCUT2D eigenvalue weighted by molar-refractivity contribution is 5.99. The number of carbonyl (C=O) groups is 1. The van der Waals surface area contributed by atoms with Gasteiger partial charge in [0.15, 0.2) is 5.78 Å². The first kappa shape index (κ1) is 12.0. The third-order valence-corrected chi connectivity index (χ3v) is 4.49. The van der Waals surface area contributed by atoms with E-state index in [1.54, 1.807) is 0 Å². The van der Waals surface area contributed by atoms with Crippen LogP contribution in [-0.2, 0) is 9.53 Å². The van der Waals surface area contributed by atoms with Gasteiger partial charge in [-0.1, -0.05) is 13.8 Å². The lowest BCUT2D eigenvalue weighted by molar-refractivity contribution is -0.121. The van der Waals surface area contributed by atoms with Gasteiger partial charge in [0.05, 0.1) is 0 Å². The third kappa shape index (κ3) is 1.91. The molecule has 3 aliphatic rings. The fourth-order valence-electron chi connectivity index (χ4n) is 2.84. The number of allylic oxidation sites excluding steroid dienone is 2. The van der Waals surface area contributed by atoms with Crippen molar-refractivity contribution in [2.75, 3.05) is 6.54 Å². The van der Waals surface area contributed by atoms with Crippen LogP contribution in [0.2, 0.25) is 0 Å². The summed E-state index contributed by atoms with van der Waals surface area (Å²) in [4.78, 5) is 12.1. The average molecular weight is 247 g/mol. The molecular formula is C15H21NO2. The normalized spacial score (nSPS) is 30.1. The maximum Gasteiger partial charge on any atom is 0.180 e. The maximum atomic E-state index is 12.1. The summed E-state index contributed by atoms with van der Waals surface area (Å²) in [5.74, 6) is 1.61. The Morgan fingerprint density at radius 1 is 1.33 bits per heavy atom. The first-order valence-electron chi connectivity index (χ1n) is 7.07. The van der Waals surface area contributed by atoms with Gasteiger partial charge in [0.25, 0.3) is 0 Å². The molecule has 1 heterocycles. The molecule has 98 valence electrons. The van der Waals surface area contributed by atoms with Crippen LogP contribution in [0.25, 0.3) is 0 Å². The van der Waals surface area contributed by atoms with Gasteiger partial charge in [0.1, 0.15) is 17.4 Å². The number of ether oxygens (including phenoxy) is 1. The molecule has 0 spiro atoms. The molecule has 1 atom stereocenters. The molecule has 2 aliphatic carbocycles. The van der Waals surface area contributed by atoms with Crippen molar-refractivity contribution >= 4 is 5.78 Å². The molecule has 0 bridgehead atoms. The number of hydrogen-bond donors (Lipinski definition) is 1. The number of hydrogen-bond acceptors (Lipinski definition) is 3. The quantitative estimate of drug-likeness (QED) is 0.832. The van der Waals surface area contributed by atoms with E-state index < -0.39 is 0 Å². The van der Waals surface area contributed by atoms with E-state index in [1.165, 1.54) is 18.4 Å². The minimum Gasteiger partial charge on any atom is -0.488 e. The van der Waals surface area contributed by atoms with E-state index in [9.17, 15) is 4.79 Å². The summed E-state index contributed by atoms with van der Waals surface area (Å²) in [6.45, 7) is 5.06. The highest BCUT2D eigenvalue weighted by Crippen LogP contribution is 2.41. The van der Waals surface area contributed by atoms with Crippen LogP contribution in [0.4, 0.5) is 0 Å². The molecule has 0 aromatic carbocycles. The van der Waals surface area contributed by atoms with Crippen molar-refractivity contribution in [3.05, 3.63) is 23.5 Å². The Labute approximate surface area is 108 Å². The van der Waals surface area contributed by atoms with Gasteiger partial charge in [-0.15, -0.1) is 0 Å². The molecular weight excluding hydrogens is 226 g/mol. The summed E-state index contributed by atoms with van der Waals surface area (Å²) in [5, 5.41) is 3.36. The van der Waals surface area contributed by atoms with Gasteiger partial charge in [-0.3, -0.25) is 10.1 Å². The lowest BCUT2D eigenvalue weighted by Gasteiger charge is -2.42. The number of morpholine rings is 1. The molecule has 0 radical (unpaired) electrons. The van der Waals surface area contributed by atoms with E-state index in [-0.39, 0.29) is 17.4 Å². The van der Waals surface area contributed by atoms with Crippen molar-refractivity contribution in [1.82, 2.24) is 5.32 Å². The summed E-state index contributed by atoms with van der Waals surface area (Å²) in [6.07, 6.45) is 8.29. The monoisotopic (exact) mass is 247 g/mol. The number of rotatable bonds is 3. The van der Waals surface area contributed by atoms with E-state index >= 15 is 0 Å². The van der Waals surface area contributed by atoms with Gasteiger partial charge < -0.3 is 4.74 Å². The van der Waals surface area contributed by atoms with Crippen LogP contribution in [-0.4, -0.2) is 24.0 Å². The van der Waals surface area contributed by atoms with Crippen LogP contribution in [0.3, 0.4) is 0 Å². The molecule has 0 aromatic rings. The number of fused-ring (bicyclic) bond motifs is 1. The minimum absolute atomic E-state index is 0.130. The average Bonchev–Trinajstić information content (AvgIpc) is 3.22. The lowest BCUT2D eigenvalue weighted by atomic mass is 9.90. The van der Waals surface area contributed by atoms with Gasteiger partial charge >= 0.3 is 0 Å². The summed E-state index contributed by atoms with van der Waals surface area (Å²) in [5.41, 5.74) is 1.05. The second-order valence-electron chi connectivity index (χ2n) is 5.67. The molecule has 1 aliphatic heterocycles. The van der Waals surface area contributed by atoms with Crippen molar-refractivity contribution < 1.29 is 9.53 Å². The lowest BCUT2D eigenvalue weighted by Crippen LogP contribution is -2.55. The highest BCUT2D eigenvalue weighted by Gasteiger charge is 2.41. The van der Waals surface area contributed by atoms with Crippen molar-refractivity contribution in [1.29, 1.82) is 0 Å². The van der Waals surface area contributed by atoms with Gasteiger partial charge in [0, 0.05) is 6.54 Å². The first-order valence-corrected chi connectivity index (χ1v) is 7.07. The Balaban J connectivity index is 1.87. The van der Waals surface area contributed by atoms with Crippen LogP contribution < -0.4 is 5.32 Å². The summed E-state index contributed by atoms with van der Waals surface area (Å²) >= 11 is 0. The fourth-order valence-corrected chi connectivity index (χ4v) is 2.84. The van der Waals surface area contributed by atoms with Crippen LogP contribution >= 0.6 is 0 Å². The molecule has 3 heteroatoms. The molecule has 18 heavy (non-hydrogen) atoms. The first-order chi connectivity index (χ1) is 8.67. The minimum atomic E-state index is -0.237. The standard InChI is InChI=1S/C15H21NO2/c1-3-15(4-2)9-16-14-12(17)7-11(10-5-6-10)8-13(14)18-15/h7-8,10,14,16H,3-6,9H2,1-2H3. The fraction of sp³-hybridized carbons (Fsp3) is 0.667. The topological polar surface area (TPSA) is 38.3 Å². The molecule has 1 saturated carbocycles. The highest BCUT2D eigenvalue weighted by atomic mass is 16.5. The smallest absolute Gasteiger partial charge is 0.180 e. The van der Waals surface area contributed by atoms with E-state index in [1.807, 2.05) is 6.08 Å². The van der Waals surface area contributed by atoms with E-state index in [4.69, 9.17) is 4.74 Å². The Hall–Kier alpha value is -1.09. The van der Waals surface area contributed by atoms with Crippen molar-refractivity contribution in [2.45, 2.75) is 51.2 Å². The van der Waals surface area contributed by atoms with E-state index in [0.717, 1.165) is 25.1 Å². The number of nitrogens with one attached hydrogen (secondary N) is 1. The molecule has 3 rings (SSSR count). The summed E-state index contributed by atoms with van der Waals surface area (Å²) in [6, 6.07) is -0.237. The van der Waals surface area contributed by atoms with Gasteiger partial charge in [-0.05, 0) is 49.3 Å². The molecule has 0 amide bonds. The number of carbonyl (C=O) groups excluding carboxylic acids is 1. The van der Waals surface area contributed by atoms with Crippen LogP contribution in [0.1, 0.15) is 39.5 Å². The molecule has 3 nitrogen and oxygen atoms in total. The van der Waals surface area contributed by atoms with E-state index in [0.29, 0.717) is 5.92 Å². The van der Waals surface area contributed by atoms with Crippen LogP contribution in [0.5, 0.6) is 0 Å². The third-order valence-electron chi connectivity index (χ3n) is 4.49. The Morgan fingerprint density at radius 3 is 2.67 bits per heavy atom. The SMILES string of the molecule is CCC1(CC)CNC2C(=O)C=C(C3CC3)C=C2O1. The van der Waals surface area contributed by atoms with Gasteiger partial charge in [-0.2, -0.15) is 0 Å². The van der Waals surface area contributed by atoms with Gasteiger partial charge in [-0.25, -0.2) is 0 Å². The summed E-state index contributed by atoms with van der Waals surface area (Å²) in [7, 11) is 0. The Bertz CT molecular complexity index is 428. The number of ketones is 1. The zero-order valence-corrected chi connectivity index (χ0v) is 11.2. The molecule has 1 N–H and O–H groups in total. The Kier molecular flexibility index (Phi) is 2.81. The molecule has 1 unspecified atom stereocenters. The molecule has 1 saturated heterocycles. The largest absolute Gasteiger partial charge is 0.488 e. The van der Waals surface area contributed by atoms with Crippen LogP contribution in [0.15, 0.2) is 23.5 Å². The predicted molar refractivity (Wildman–Crippen MR) is 70.1 cm³/mol. The molecule has 0 aromatic heterocycles. The molecule has 2 fully saturated rings. The maximum absolute atomic E-state index is 12.1. The zero-order valence-electron chi connectivity index (χ0n) is 11.2. The zero-order chi connectivity index (χ0) is 12.8. The van der Waals surface area contributed by atoms with Crippen molar-refractivity contribution in [3.8, 4) is 0 Å². The second kappa shape index (κ2) is 4.23. The predicted octanol–water partition coefficient (Wildman–Crippen LogP) is 2.34. The Morgan fingerprint density at radius 2 is 2.06 bits per heavy atom. The van der Waals surface area contributed by atoms with E-state index in [2.05, 4.69) is 25.2 Å². The van der Waals surface area contributed by atoms with Crippen LogP contribution in [0, 0.1) is 5.92 Å². The second-order valence-corrected chi connectivity index (χ2v) is 5.67. The summed E-state index contributed by atoms with van der Waals surface area (Å²) < 4.78 is 6.19. The van der Waals surface area contributed by atoms with Crippen molar-refractivity contribution in [3.63, 3.8) is 0 Å².